The third-order valence-corrected chi connectivity index (χ3v) is 3.36. The smallest absolute Gasteiger partial charge is 0.340 e. The van der Waals surface area contributed by atoms with Crippen molar-refractivity contribution in [3.8, 4) is 0 Å². The average molecular weight is 327 g/mol. The Balaban J connectivity index is 2.06. The number of nitrogens with one attached hydrogen (secondary N) is 1. The van der Waals surface area contributed by atoms with E-state index in [0.29, 0.717) is 28.4 Å². The highest BCUT2D eigenvalue weighted by Gasteiger charge is 2.14. The number of esters is 1. The molecule has 0 aliphatic heterocycles. The lowest BCUT2D eigenvalue weighted by molar-refractivity contribution is 0.0527. The van der Waals surface area contributed by atoms with Gasteiger partial charge in [0.1, 0.15) is 0 Å². The Bertz CT molecular complexity index is 713. The molecule has 2 aromatic carbocycles. The topological polar surface area (TPSA) is 55.4 Å². The van der Waals surface area contributed by atoms with Crippen molar-refractivity contribution in [1.29, 1.82) is 0 Å². The first-order valence-electron chi connectivity index (χ1n) is 7.26. The monoisotopic (exact) mass is 327 g/mol. The summed E-state index contributed by atoms with van der Waals surface area (Å²) in [6.07, 6.45) is 0.0799. The average Bonchev–Trinajstić information content (AvgIpc) is 2.56. The highest BCUT2D eigenvalue weighted by molar-refractivity contribution is 7.80. The summed E-state index contributed by atoms with van der Waals surface area (Å²) in [4.78, 5) is 24.4. The summed E-state index contributed by atoms with van der Waals surface area (Å²) in [6, 6.07) is 15.9. The van der Waals surface area contributed by atoms with Gasteiger partial charge in [-0.05, 0) is 19.1 Å². The second-order valence-corrected chi connectivity index (χ2v) is 5.27. The summed E-state index contributed by atoms with van der Waals surface area (Å²) in [5, 5.41) is 2.96. The summed E-state index contributed by atoms with van der Waals surface area (Å²) in [5.74, 6) is -0.496. The van der Waals surface area contributed by atoms with Crippen LogP contribution in [0.3, 0.4) is 0 Å². The van der Waals surface area contributed by atoms with E-state index in [1.165, 1.54) is 0 Å². The van der Waals surface area contributed by atoms with Crippen molar-refractivity contribution in [3.63, 3.8) is 0 Å². The van der Waals surface area contributed by atoms with E-state index in [1.807, 2.05) is 6.07 Å². The molecule has 0 heterocycles. The summed E-state index contributed by atoms with van der Waals surface area (Å²) in [5.41, 5.74) is 1.54. The fourth-order valence-electron chi connectivity index (χ4n) is 2.05. The van der Waals surface area contributed by atoms with Crippen LogP contribution in [0.15, 0.2) is 54.6 Å². The molecule has 5 heteroatoms. The lowest BCUT2D eigenvalue weighted by Gasteiger charge is -2.11. The van der Waals surface area contributed by atoms with Crippen molar-refractivity contribution < 1.29 is 14.3 Å². The maximum atomic E-state index is 12.1. The molecule has 0 aromatic heterocycles. The molecule has 1 N–H and O–H groups in total. The minimum atomic E-state index is -0.423. The van der Waals surface area contributed by atoms with Crippen LogP contribution in [-0.4, -0.2) is 23.3 Å². The molecule has 2 aromatic rings. The molecule has 0 aliphatic carbocycles. The first kappa shape index (κ1) is 16.8. The quantitative estimate of drug-likeness (QED) is 0.496. The van der Waals surface area contributed by atoms with Gasteiger partial charge in [-0.25, -0.2) is 4.79 Å². The minimum Gasteiger partial charge on any atom is -0.462 e. The SMILES string of the molecule is CCOC(=O)c1ccccc1NC(=S)CC(=O)c1ccccc1. The van der Waals surface area contributed by atoms with Crippen LogP contribution >= 0.6 is 12.2 Å². The lowest BCUT2D eigenvalue weighted by Crippen LogP contribution is -2.17. The van der Waals surface area contributed by atoms with E-state index in [-0.39, 0.29) is 12.2 Å². The summed E-state index contributed by atoms with van der Waals surface area (Å²) in [6.45, 7) is 2.04. The predicted octanol–water partition coefficient (Wildman–Crippen LogP) is 3.88. The van der Waals surface area contributed by atoms with Crippen molar-refractivity contribution in [2.45, 2.75) is 13.3 Å². The van der Waals surface area contributed by atoms with Gasteiger partial charge in [-0.3, -0.25) is 4.79 Å². The zero-order chi connectivity index (χ0) is 16.7. The minimum absolute atomic E-state index is 0.0725. The number of hydrogen-bond acceptors (Lipinski definition) is 4. The van der Waals surface area contributed by atoms with Crippen LogP contribution in [0.1, 0.15) is 34.1 Å². The molecule has 0 fully saturated rings. The van der Waals surface area contributed by atoms with Gasteiger partial charge in [-0.1, -0.05) is 54.7 Å². The maximum Gasteiger partial charge on any atom is 0.340 e. The van der Waals surface area contributed by atoms with Gasteiger partial charge in [0.25, 0.3) is 0 Å². The van der Waals surface area contributed by atoms with Crippen LogP contribution < -0.4 is 5.32 Å². The Morgan fingerprint density at radius 3 is 2.39 bits per heavy atom. The van der Waals surface area contributed by atoms with Crippen LogP contribution in [-0.2, 0) is 4.74 Å². The van der Waals surface area contributed by atoms with Crippen molar-refractivity contribution in [2.75, 3.05) is 11.9 Å². The Kier molecular flexibility index (Phi) is 6.00. The molecule has 0 unspecified atom stereocenters. The van der Waals surface area contributed by atoms with E-state index in [4.69, 9.17) is 17.0 Å². The molecular weight excluding hydrogens is 310 g/mol. The molecule has 0 bridgehead atoms. The second-order valence-electron chi connectivity index (χ2n) is 4.78. The first-order valence-corrected chi connectivity index (χ1v) is 7.67. The molecule has 0 saturated heterocycles. The molecule has 2 rings (SSSR count). The zero-order valence-corrected chi connectivity index (χ0v) is 13.6. The van der Waals surface area contributed by atoms with Gasteiger partial charge >= 0.3 is 5.97 Å². The molecule has 0 saturated carbocycles. The van der Waals surface area contributed by atoms with Crippen molar-refractivity contribution in [1.82, 2.24) is 0 Å². The molecule has 0 spiro atoms. The molecule has 4 nitrogen and oxygen atoms in total. The van der Waals surface area contributed by atoms with Crippen molar-refractivity contribution in [2.24, 2.45) is 0 Å². The highest BCUT2D eigenvalue weighted by atomic mass is 32.1. The van der Waals surface area contributed by atoms with E-state index in [2.05, 4.69) is 5.32 Å². The Morgan fingerprint density at radius 2 is 1.70 bits per heavy atom. The number of benzene rings is 2. The maximum absolute atomic E-state index is 12.1. The summed E-state index contributed by atoms with van der Waals surface area (Å²) < 4.78 is 5.01. The van der Waals surface area contributed by atoms with Gasteiger partial charge in [0.05, 0.1) is 29.3 Å². The molecule has 0 aliphatic rings. The fraction of sp³-hybridized carbons (Fsp3) is 0.167. The van der Waals surface area contributed by atoms with Crippen LogP contribution in [0.2, 0.25) is 0 Å². The number of para-hydroxylation sites is 1. The van der Waals surface area contributed by atoms with Crippen molar-refractivity contribution >= 4 is 34.6 Å². The number of ketones is 1. The van der Waals surface area contributed by atoms with E-state index in [1.54, 1.807) is 55.5 Å². The molecule has 23 heavy (non-hydrogen) atoms. The lowest BCUT2D eigenvalue weighted by atomic mass is 10.1. The molecule has 0 radical (unpaired) electrons. The summed E-state index contributed by atoms with van der Waals surface area (Å²) in [7, 11) is 0. The molecule has 118 valence electrons. The Hall–Kier alpha value is -2.53. The largest absolute Gasteiger partial charge is 0.462 e. The predicted molar refractivity (Wildman–Crippen MR) is 94.0 cm³/mol. The number of ether oxygens (including phenoxy) is 1. The number of anilines is 1. The number of hydrogen-bond donors (Lipinski definition) is 1. The number of Topliss-reactive ketones (excluding diaryl/α,β-unsaturated/α-hetero) is 1. The third-order valence-electron chi connectivity index (χ3n) is 3.11. The van der Waals surface area contributed by atoms with Crippen LogP contribution in [0, 0.1) is 0 Å². The third kappa shape index (κ3) is 4.72. The van der Waals surface area contributed by atoms with Gasteiger partial charge in [0.15, 0.2) is 5.78 Å². The molecule has 0 atom stereocenters. The second kappa shape index (κ2) is 8.19. The number of carbonyl (C=O) groups excluding carboxylic acids is 2. The zero-order valence-electron chi connectivity index (χ0n) is 12.7. The molecule has 0 amide bonds. The van der Waals surface area contributed by atoms with E-state index in [0.717, 1.165) is 0 Å². The molecular formula is C18H17NO3S. The number of carbonyl (C=O) groups is 2. The van der Waals surface area contributed by atoms with E-state index in [9.17, 15) is 9.59 Å². The standard InChI is InChI=1S/C18H17NO3S/c1-2-22-18(21)14-10-6-7-11-15(14)19-17(23)12-16(20)13-8-4-3-5-9-13/h3-11H,2,12H2,1H3,(H,19,23). The number of thiocarbonyl (C=S) groups is 1. The van der Waals surface area contributed by atoms with Crippen LogP contribution in [0.4, 0.5) is 5.69 Å². The first-order chi connectivity index (χ1) is 11.1. The van der Waals surface area contributed by atoms with Gasteiger partial charge in [-0.2, -0.15) is 0 Å². The van der Waals surface area contributed by atoms with Crippen LogP contribution in [0.25, 0.3) is 0 Å². The van der Waals surface area contributed by atoms with Gasteiger partial charge < -0.3 is 10.1 Å². The van der Waals surface area contributed by atoms with Gasteiger partial charge in [-0.15, -0.1) is 0 Å². The van der Waals surface area contributed by atoms with Gasteiger partial charge in [0.2, 0.25) is 0 Å². The fourth-order valence-corrected chi connectivity index (χ4v) is 2.29. The number of rotatable bonds is 6. The normalized spacial score (nSPS) is 9.96. The van der Waals surface area contributed by atoms with Crippen LogP contribution in [0.5, 0.6) is 0 Å². The van der Waals surface area contributed by atoms with Crippen molar-refractivity contribution in [3.05, 3.63) is 65.7 Å². The van der Waals surface area contributed by atoms with E-state index >= 15 is 0 Å². The summed E-state index contributed by atoms with van der Waals surface area (Å²) >= 11 is 5.24. The highest BCUT2D eigenvalue weighted by Crippen LogP contribution is 2.17. The van der Waals surface area contributed by atoms with Gasteiger partial charge in [0, 0.05) is 5.56 Å². The van der Waals surface area contributed by atoms with E-state index < -0.39 is 5.97 Å². The Morgan fingerprint density at radius 1 is 1.04 bits per heavy atom. The Labute approximate surface area is 140 Å².